The number of sulfone groups is 1. The quantitative estimate of drug-likeness (QED) is 0.360. The van der Waals surface area contributed by atoms with Gasteiger partial charge in [-0.2, -0.15) is 0 Å². The molecule has 0 fully saturated rings. The molecule has 1 atom stereocenters. The first kappa shape index (κ1) is 25.0. The summed E-state index contributed by atoms with van der Waals surface area (Å²) < 4.78 is 30.2. The summed E-state index contributed by atoms with van der Waals surface area (Å²) in [7, 11) is -3.31. The lowest BCUT2D eigenvalue weighted by molar-refractivity contribution is 0.103. The van der Waals surface area contributed by atoms with E-state index in [-0.39, 0.29) is 17.2 Å². The molecule has 0 bridgehead atoms. The Kier molecular flexibility index (Phi) is 6.97. The third-order valence-corrected chi connectivity index (χ3v) is 9.73. The normalized spacial score (nSPS) is 16.9. The Morgan fingerprint density at radius 2 is 1.97 bits per heavy atom. The molecule has 6 nitrogen and oxygen atoms in total. The number of amides is 1. The van der Waals surface area contributed by atoms with Crippen LogP contribution in [0.5, 0.6) is 5.88 Å². The average Bonchev–Trinajstić information content (AvgIpc) is 3.18. The fourth-order valence-corrected chi connectivity index (χ4v) is 5.49. The summed E-state index contributed by atoms with van der Waals surface area (Å²) in [5.41, 5.74) is 1.15. The smallest absolute Gasteiger partial charge is 0.265 e. The lowest BCUT2D eigenvalue weighted by atomic mass is 10.0. The zero-order valence-electron chi connectivity index (χ0n) is 18.9. The van der Waals surface area contributed by atoms with Crippen molar-refractivity contribution >= 4 is 66.1 Å². The van der Waals surface area contributed by atoms with Crippen molar-refractivity contribution in [3.8, 4) is 5.88 Å². The number of nitrogens with zero attached hydrogens (tertiary/aromatic N) is 1. The molecule has 1 aliphatic carbocycles. The fraction of sp³-hybridized carbons (Fsp3) is 0.333. The van der Waals surface area contributed by atoms with E-state index in [1.807, 2.05) is 18.2 Å². The van der Waals surface area contributed by atoms with Crippen LogP contribution in [0, 0.1) is 0 Å². The maximum atomic E-state index is 13.0. The number of halogens is 2. The zero-order valence-corrected chi connectivity index (χ0v) is 22.0. The van der Waals surface area contributed by atoms with Gasteiger partial charge < -0.3 is 10.1 Å². The van der Waals surface area contributed by atoms with Crippen LogP contribution in [0.25, 0.3) is 10.1 Å². The van der Waals surface area contributed by atoms with Crippen LogP contribution in [0.2, 0.25) is 5.15 Å². The van der Waals surface area contributed by atoms with Crippen molar-refractivity contribution in [2.75, 3.05) is 11.6 Å². The maximum Gasteiger partial charge on any atom is 0.265 e. The molecule has 2 aromatic heterocycles. The molecule has 3 aromatic rings. The van der Waals surface area contributed by atoms with Gasteiger partial charge in [0.2, 0.25) is 5.88 Å². The minimum Gasteiger partial charge on any atom is -0.474 e. The van der Waals surface area contributed by atoms with Gasteiger partial charge in [-0.3, -0.25) is 4.79 Å². The Labute approximate surface area is 212 Å². The summed E-state index contributed by atoms with van der Waals surface area (Å²) in [6.07, 6.45) is 5.34. The number of carbonyl (C=O) groups is 1. The number of rotatable bonds is 6. The Hall–Kier alpha value is -2.13. The summed E-state index contributed by atoms with van der Waals surface area (Å²) in [6, 6.07) is 10.4. The van der Waals surface area contributed by atoms with E-state index in [9.17, 15) is 13.2 Å². The average molecular weight is 540 g/mol. The number of pyridine rings is 1. The van der Waals surface area contributed by atoms with Crippen molar-refractivity contribution in [1.82, 2.24) is 4.98 Å². The van der Waals surface area contributed by atoms with Gasteiger partial charge >= 0.3 is 0 Å². The number of fused-ring (bicyclic) bond motifs is 1. The lowest BCUT2D eigenvalue weighted by Gasteiger charge is -2.23. The number of nitrogens with one attached hydrogen (secondary N) is 1. The number of ether oxygens (including phenoxy) is 1. The zero-order chi connectivity index (χ0) is 24.7. The van der Waals surface area contributed by atoms with Crippen LogP contribution in [0.3, 0.4) is 0 Å². The maximum absolute atomic E-state index is 13.0. The van der Waals surface area contributed by atoms with Gasteiger partial charge in [0.25, 0.3) is 5.91 Å². The molecule has 10 heteroatoms. The van der Waals surface area contributed by atoms with Crippen LogP contribution in [0.1, 0.15) is 48.3 Å². The van der Waals surface area contributed by atoms with E-state index in [2.05, 4.69) is 10.3 Å². The molecule has 0 saturated carbocycles. The highest BCUT2D eigenvalue weighted by molar-refractivity contribution is 7.91. The first-order valence-corrected chi connectivity index (χ1v) is 14.1. The summed E-state index contributed by atoms with van der Waals surface area (Å²) in [5, 5.41) is 4.71. The largest absolute Gasteiger partial charge is 0.474 e. The monoisotopic (exact) mass is 538 g/mol. The Morgan fingerprint density at radius 1 is 1.21 bits per heavy atom. The molecule has 4 rings (SSSR count). The molecular formula is C24H24Cl2N2O4S2. The van der Waals surface area contributed by atoms with Gasteiger partial charge in [-0.15, -0.1) is 11.3 Å². The van der Waals surface area contributed by atoms with Crippen molar-refractivity contribution < 1.29 is 17.9 Å². The topological polar surface area (TPSA) is 85.4 Å². The van der Waals surface area contributed by atoms with Crippen LogP contribution in [-0.2, 0) is 14.6 Å². The third kappa shape index (κ3) is 5.40. The first-order chi connectivity index (χ1) is 15.9. The van der Waals surface area contributed by atoms with E-state index in [1.165, 1.54) is 17.6 Å². The second kappa shape index (κ2) is 9.49. The number of carbonyl (C=O) groups excluding carboxylic acids is 1. The number of aromatic nitrogens is 1. The Morgan fingerprint density at radius 3 is 2.65 bits per heavy atom. The van der Waals surface area contributed by atoms with E-state index in [0.29, 0.717) is 28.4 Å². The van der Waals surface area contributed by atoms with E-state index in [0.717, 1.165) is 28.0 Å². The molecular weight excluding hydrogens is 515 g/mol. The predicted molar refractivity (Wildman–Crippen MR) is 139 cm³/mol. The van der Waals surface area contributed by atoms with Gasteiger partial charge in [0.1, 0.15) is 11.3 Å². The summed E-state index contributed by atoms with van der Waals surface area (Å²) >= 11 is 13.5. The molecule has 0 saturated heterocycles. The minimum absolute atomic E-state index is 0.0509. The van der Waals surface area contributed by atoms with Gasteiger partial charge in [-0.25, -0.2) is 13.4 Å². The van der Waals surface area contributed by atoms with Gasteiger partial charge in [0, 0.05) is 34.2 Å². The summed E-state index contributed by atoms with van der Waals surface area (Å²) in [4.78, 5) is 17.6. The van der Waals surface area contributed by atoms with E-state index in [1.54, 1.807) is 38.1 Å². The number of hydrogen-bond donors (Lipinski definition) is 1. The Bertz CT molecular complexity index is 1400. The van der Waals surface area contributed by atoms with Gasteiger partial charge in [0.05, 0.1) is 9.62 Å². The molecule has 1 aromatic carbocycles. The molecule has 1 amide bonds. The van der Waals surface area contributed by atoms with Crippen LogP contribution < -0.4 is 10.1 Å². The molecule has 1 aliphatic rings. The van der Waals surface area contributed by atoms with Gasteiger partial charge in [0.15, 0.2) is 9.84 Å². The van der Waals surface area contributed by atoms with E-state index < -0.39 is 14.6 Å². The summed E-state index contributed by atoms with van der Waals surface area (Å²) in [6.45, 7) is 3.35. The van der Waals surface area contributed by atoms with Crippen LogP contribution in [0.4, 0.5) is 5.69 Å². The van der Waals surface area contributed by atoms with Crippen LogP contribution in [-0.4, -0.2) is 31.7 Å². The van der Waals surface area contributed by atoms with Crippen molar-refractivity contribution in [1.29, 1.82) is 0 Å². The number of benzene rings is 1. The third-order valence-electron chi connectivity index (χ3n) is 5.99. The lowest BCUT2D eigenvalue weighted by Crippen LogP contribution is -2.27. The van der Waals surface area contributed by atoms with Crippen LogP contribution in [0.15, 0.2) is 47.5 Å². The van der Waals surface area contributed by atoms with Crippen molar-refractivity contribution in [3.05, 3.63) is 63.1 Å². The standard InChI is InChI=1S/C24H24Cl2N2O4S2/c1-24(2,34(3,30)31)15-4-9-19-14(10-15)11-20(33-19)23(29)27-17-12-21(26)28-22(13-17)32-18-7-5-16(25)6-8-18/h4-5,9-13,18H,6-8H2,1-3H3,(H,27,28,29). The first-order valence-electron chi connectivity index (χ1n) is 10.7. The van der Waals surface area contributed by atoms with Crippen molar-refractivity contribution in [2.24, 2.45) is 0 Å². The molecule has 2 heterocycles. The highest BCUT2D eigenvalue weighted by Crippen LogP contribution is 2.34. The molecule has 0 spiro atoms. The molecule has 34 heavy (non-hydrogen) atoms. The molecule has 0 aliphatic heterocycles. The second-order valence-corrected chi connectivity index (χ2v) is 13.3. The van der Waals surface area contributed by atoms with Crippen molar-refractivity contribution in [2.45, 2.75) is 44.0 Å². The SMILES string of the molecule is CC(C)(c1ccc2sc(C(=O)Nc3cc(Cl)nc(OC4CC=C(Cl)CC4)c3)cc2c1)S(C)(=O)=O. The molecule has 1 N–H and O–H groups in total. The molecule has 0 radical (unpaired) electrons. The van der Waals surface area contributed by atoms with Crippen LogP contribution >= 0.6 is 34.5 Å². The highest BCUT2D eigenvalue weighted by Gasteiger charge is 2.32. The molecule has 1 unspecified atom stereocenters. The molecule has 180 valence electrons. The predicted octanol–water partition coefficient (Wildman–Crippen LogP) is 6.54. The van der Waals surface area contributed by atoms with E-state index in [4.69, 9.17) is 27.9 Å². The highest BCUT2D eigenvalue weighted by atomic mass is 35.5. The van der Waals surface area contributed by atoms with E-state index >= 15 is 0 Å². The minimum atomic E-state index is -3.31. The fourth-order valence-electron chi connectivity index (χ4n) is 3.60. The number of anilines is 1. The Balaban J connectivity index is 1.53. The number of thiophene rings is 1. The number of allylic oxidation sites excluding steroid dienone is 1. The van der Waals surface area contributed by atoms with Crippen molar-refractivity contribution in [3.63, 3.8) is 0 Å². The summed E-state index contributed by atoms with van der Waals surface area (Å²) in [5.74, 6) is 0.0360. The number of hydrogen-bond acceptors (Lipinski definition) is 6. The second-order valence-electron chi connectivity index (χ2n) is 8.78. The van der Waals surface area contributed by atoms with Gasteiger partial charge in [-0.05, 0) is 61.9 Å². The van der Waals surface area contributed by atoms with Gasteiger partial charge in [-0.1, -0.05) is 35.3 Å².